The van der Waals surface area contributed by atoms with Gasteiger partial charge in [-0.15, -0.1) is 0 Å². The summed E-state index contributed by atoms with van der Waals surface area (Å²) < 4.78 is 13.0. The van der Waals surface area contributed by atoms with Crippen LogP contribution in [0.25, 0.3) is 0 Å². The van der Waals surface area contributed by atoms with Gasteiger partial charge in [-0.25, -0.2) is 4.39 Å². The third kappa shape index (κ3) is 3.77. The van der Waals surface area contributed by atoms with Crippen LogP contribution in [0.4, 0.5) is 10.1 Å². The lowest BCUT2D eigenvalue weighted by atomic mass is 10.1. The summed E-state index contributed by atoms with van der Waals surface area (Å²) in [6, 6.07) is 2.80. The molecule has 2 N–H and O–H groups in total. The van der Waals surface area contributed by atoms with Crippen molar-refractivity contribution < 1.29 is 14.1 Å². The van der Waals surface area contributed by atoms with Gasteiger partial charge in [0.15, 0.2) is 0 Å². The zero-order valence-corrected chi connectivity index (χ0v) is 9.90. The molecule has 0 fully saturated rings. The Bertz CT molecular complexity index is 451. The van der Waals surface area contributed by atoms with E-state index in [0.717, 1.165) is 18.2 Å². The molecule has 0 bridgehead atoms. The molecule has 6 nitrogen and oxygen atoms in total. The number of hydrogen-bond donors (Lipinski definition) is 2. The number of amides is 1. The van der Waals surface area contributed by atoms with E-state index in [4.69, 9.17) is 0 Å². The predicted molar refractivity (Wildman–Crippen MR) is 63.9 cm³/mol. The second kappa shape index (κ2) is 6.65. The quantitative estimate of drug-likeness (QED) is 0.452. The second-order valence-electron chi connectivity index (χ2n) is 3.63. The number of nitrogens with one attached hydrogen (secondary N) is 2. The van der Waals surface area contributed by atoms with Crippen LogP contribution >= 0.6 is 0 Å². The number of rotatable bonds is 6. The molecule has 7 heteroatoms. The molecule has 0 saturated carbocycles. The maximum atomic E-state index is 13.0. The van der Waals surface area contributed by atoms with Crippen LogP contribution in [0.5, 0.6) is 0 Å². The highest BCUT2D eigenvalue weighted by Crippen LogP contribution is 2.19. The molecule has 0 heterocycles. The number of benzene rings is 1. The molecule has 0 aliphatic carbocycles. The molecule has 0 aromatic heterocycles. The SMILES string of the molecule is CNCCCNC(=O)c1cc(F)ccc1[N+](=O)[O-]. The number of carbonyl (C=O) groups is 1. The number of nitro benzene ring substituents is 1. The Hall–Kier alpha value is -2.02. The van der Waals surface area contributed by atoms with Gasteiger partial charge in [-0.05, 0) is 32.1 Å². The van der Waals surface area contributed by atoms with Crippen molar-refractivity contribution in [3.8, 4) is 0 Å². The van der Waals surface area contributed by atoms with E-state index in [2.05, 4.69) is 10.6 Å². The normalized spacial score (nSPS) is 10.1. The Kier molecular flexibility index (Phi) is 5.19. The largest absolute Gasteiger partial charge is 0.352 e. The minimum atomic E-state index is -0.706. The summed E-state index contributed by atoms with van der Waals surface area (Å²) in [4.78, 5) is 21.7. The van der Waals surface area contributed by atoms with Gasteiger partial charge in [-0.2, -0.15) is 0 Å². The first-order valence-electron chi connectivity index (χ1n) is 5.43. The number of nitrogens with zero attached hydrogens (tertiary/aromatic N) is 1. The lowest BCUT2D eigenvalue weighted by Gasteiger charge is -2.05. The number of hydrogen-bond acceptors (Lipinski definition) is 4. The maximum Gasteiger partial charge on any atom is 0.282 e. The van der Waals surface area contributed by atoms with Gasteiger partial charge in [-0.1, -0.05) is 0 Å². The third-order valence-electron chi connectivity index (χ3n) is 2.29. The first kappa shape index (κ1) is 14.0. The maximum absolute atomic E-state index is 13.0. The number of carbonyl (C=O) groups excluding carboxylic acids is 1. The molecule has 0 aliphatic rings. The predicted octanol–water partition coefficient (Wildman–Crippen LogP) is 1.07. The van der Waals surface area contributed by atoms with Gasteiger partial charge in [0.1, 0.15) is 11.4 Å². The monoisotopic (exact) mass is 255 g/mol. The summed E-state index contributed by atoms with van der Waals surface area (Å²) in [5, 5.41) is 16.1. The number of halogens is 1. The van der Waals surface area contributed by atoms with Crippen molar-refractivity contribution in [2.75, 3.05) is 20.1 Å². The van der Waals surface area contributed by atoms with Crippen molar-refractivity contribution in [2.24, 2.45) is 0 Å². The molecule has 0 aliphatic heterocycles. The standard InChI is InChI=1S/C11H14FN3O3/c1-13-5-2-6-14-11(16)9-7-8(12)3-4-10(9)15(17)18/h3-4,7,13H,2,5-6H2,1H3,(H,14,16). The van der Waals surface area contributed by atoms with E-state index < -0.39 is 22.3 Å². The smallest absolute Gasteiger partial charge is 0.282 e. The molecule has 98 valence electrons. The van der Waals surface area contributed by atoms with E-state index in [0.29, 0.717) is 19.5 Å². The molecule has 1 rings (SSSR count). The van der Waals surface area contributed by atoms with Crippen molar-refractivity contribution in [3.05, 3.63) is 39.7 Å². The topological polar surface area (TPSA) is 84.3 Å². The minimum absolute atomic E-state index is 0.260. The van der Waals surface area contributed by atoms with Crippen LogP contribution in [0.3, 0.4) is 0 Å². The molecule has 1 aromatic carbocycles. The minimum Gasteiger partial charge on any atom is -0.352 e. The highest BCUT2D eigenvalue weighted by Gasteiger charge is 2.20. The Balaban J connectivity index is 2.77. The Morgan fingerprint density at radius 1 is 1.44 bits per heavy atom. The molecule has 0 radical (unpaired) electrons. The first-order valence-corrected chi connectivity index (χ1v) is 5.43. The van der Waals surface area contributed by atoms with E-state index in [1.54, 1.807) is 7.05 Å². The van der Waals surface area contributed by atoms with Crippen molar-refractivity contribution in [3.63, 3.8) is 0 Å². The third-order valence-corrected chi connectivity index (χ3v) is 2.29. The molecule has 1 amide bonds. The highest BCUT2D eigenvalue weighted by atomic mass is 19.1. The molecular weight excluding hydrogens is 241 g/mol. The van der Waals surface area contributed by atoms with E-state index >= 15 is 0 Å². The van der Waals surface area contributed by atoms with Gasteiger partial charge in [0.2, 0.25) is 0 Å². The fourth-order valence-electron chi connectivity index (χ4n) is 1.41. The molecule has 0 atom stereocenters. The molecule has 0 saturated heterocycles. The van der Waals surface area contributed by atoms with Crippen LogP contribution in [-0.2, 0) is 0 Å². The van der Waals surface area contributed by atoms with Crippen molar-refractivity contribution in [1.29, 1.82) is 0 Å². The summed E-state index contributed by atoms with van der Waals surface area (Å²) in [6.07, 6.45) is 0.686. The van der Waals surface area contributed by atoms with E-state index in [1.807, 2.05) is 0 Å². The van der Waals surface area contributed by atoms with E-state index in [-0.39, 0.29) is 5.56 Å². The van der Waals surface area contributed by atoms with Crippen molar-refractivity contribution in [2.45, 2.75) is 6.42 Å². The molecule has 0 unspecified atom stereocenters. The average molecular weight is 255 g/mol. The lowest BCUT2D eigenvalue weighted by molar-refractivity contribution is -0.385. The number of nitro groups is 1. The van der Waals surface area contributed by atoms with Crippen molar-refractivity contribution in [1.82, 2.24) is 10.6 Å². The second-order valence-corrected chi connectivity index (χ2v) is 3.63. The van der Waals surface area contributed by atoms with Crippen LogP contribution in [-0.4, -0.2) is 31.0 Å². The zero-order chi connectivity index (χ0) is 13.5. The lowest BCUT2D eigenvalue weighted by Crippen LogP contribution is -2.27. The Labute approximate surface area is 103 Å². The highest BCUT2D eigenvalue weighted by molar-refractivity contribution is 5.98. The van der Waals surface area contributed by atoms with Gasteiger partial charge in [0.05, 0.1) is 4.92 Å². The molecular formula is C11H14FN3O3. The summed E-state index contributed by atoms with van der Waals surface area (Å²) in [5.41, 5.74) is -0.660. The van der Waals surface area contributed by atoms with Crippen molar-refractivity contribution >= 4 is 11.6 Å². The fourth-order valence-corrected chi connectivity index (χ4v) is 1.41. The Morgan fingerprint density at radius 2 is 2.17 bits per heavy atom. The van der Waals surface area contributed by atoms with Gasteiger partial charge in [-0.3, -0.25) is 14.9 Å². The average Bonchev–Trinajstić information content (AvgIpc) is 2.34. The zero-order valence-electron chi connectivity index (χ0n) is 9.90. The molecule has 0 spiro atoms. The first-order chi connectivity index (χ1) is 8.56. The van der Waals surface area contributed by atoms with Crippen LogP contribution < -0.4 is 10.6 Å². The van der Waals surface area contributed by atoms with Gasteiger partial charge in [0.25, 0.3) is 11.6 Å². The van der Waals surface area contributed by atoms with E-state index in [1.165, 1.54) is 0 Å². The van der Waals surface area contributed by atoms with Gasteiger partial charge in [0, 0.05) is 12.6 Å². The fraction of sp³-hybridized carbons (Fsp3) is 0.364. The van der Waals surface area contributed by atoms with Gasteiger partial charge < -0.3 is 10.6 Å². The van der Waals surface area contributed by atoms with Crippen LogP contribution in [0, 0.1) is 15.9 Å². The summed E-state index contributed by atoms with van der Waals surface area (Å²) in [5.74, 6) is -1.32. The molecule has 18 heavy (non-hydrogen) atoms. The van der Waals surface area contributed by atoms with Gasteiger partial charge >= 0.3 is 0 Å². The van der Waals surface area contributed by atoms with E-state index in [9.17, 15) is 19.3 Å². The summed E-state index contributed by atoms with van der Waals surface area (Å²) in [7, 11) is 1.78. The summed E-state index contributed by atoms with van der Waals surface area (Å²) in [6.45, 7) is 1.08. The molecule has 1 aromatic rings. The van der Waals surface area contributed by atoms with Crippen LogP contribution in [0.1, 0.15) is 16.8 Å². The van der Waals surface area contributed by atoms with Crippen LogP contribution in [0.15, 0.2) is 18.2 Å². The summed E-state index contributed by atoms with van der Waals surface area (Å²) >= 11 is 0. The Morgan fingerprint density at radius 3 is 2.78 bits per heavy atom. The van der Waals surface area contributed by atoms with Crippen LogP contribution in [0.2, 0.25) is 0 Å².